The van der Waals surface area contributed by atoms with Gasteiger partial charge in [-0.05, 0) is 37.3 Å². The average Bonchev–Trinajstić information content (AvgIpc) is 2.98. The molecular weight excluding hydrogens is 300 g/mol. The molecule has 7 heteroatoms. The van der Waals surface area contributed by atoms with Gasteiger partial charge >= 0.3 is 5.97 Å². The molecule has 0 fully saturated rings. The van der Waals surface area contributed by atoms with Crippen LogP contribution in [0, 0.1) is 6.92 Å². The van der Waals surface area contributed by atoms with Crippen LogP contribution in [0.2, 0.25) is 0 Å². The first-order valence-corrected chi connectivity index (χ1v) is 6.85. The quantitative estimate of drug-likeness (QED) is 0.819. The van der Waals surface area contributed by atoms with E-state index in [9.17, 15) is 14.4 Å². The van der Waals surface area contributed by atoms with Crippen LogP contribution < -0.4 is 10.6 Å². The number of carbonyl (C=O) groups excluding carboxylic acids is 3. The second-order valence-electron chi connectivity index (χ2n) is 4.69. The summed E-state index contributed by atoms with van der Waals surface area (Å²) in [5.41, 5.74) is 0.842. The zero-order valence-electron chi connectivity index (χ0n) is 12.7. The summed E-state index contributed by atoms with van der Waals surface area (Å²) < 4.78 is 9.95. The van der Waals surface area contributed by atoms with E-state index in [1.54, 1.807) is 31.2 Å². The molecule has 0 aliphatic carbocycles. The summed E-state index contributed by atoms with van der Waals surface area (Å²) in [5.74, 6) is -0.881. The minimum atomic E-state index is -0.715. The number of benzene rings is 1. The zero-order valence-corrected chi connectivity index (χ0v) is 12.7. The molecule has 0 bridgehead atoms. The minimum Gasteiger partial charge on any atom is -0.454 e. The highest BCUT2D eigenvalue weighted by atomic mass is 16.5. The summed E-state index contributed by atoms with van der Waals surface area (Å²) in [6, 6.07) is 9.51. The van der Waals surface area contributed by atoms with Gasteiger partial charge < -0.3 is 19.8 Å². The molecule has 0 saturated heterocycles. The SMILES string of the molecule is CNC(=O)c1cccc(NC(=O)COC(=O)c2ccc(C)o2)c1. The van der Waals surface area contributed by atoms with Crippen molar-refractivity contribution < 1.29 is 23.5 Å². The van der Waals surface area contributed by atoms with Crippen LogP contribution in [-0.2, 0) is 9.53 Å². The van der Waals surface area contributed by atoms with E-state index in [4.69, 9.17) is 9.15 Å². The second-order valence-corrected chi connectivity index (χ2v) is 4.69. The largest absolute Gasteiger partial charge is 0.454 e. The van der Waals surface area contributed by atoms with Crippen molar-refractivity contribution in [1.29, 1.82) is 0 Å². The molecule has 1 heterocycles. The Morgan fingerprint density at radius 1 is 1.17 bits per heavy atom. The van der Waals surface area contributed by atoms with E-state index in [0.717, 1.165) is 0 Å². The monoisotopic (exact) mass is 316 g/mol. The lowest BCUT2D eigenvalue weighted by Gasteiger charge is -2.07. The molecule has 0 spiro atoms. The third-order valence-electron chi connectivity index (χ3n) is 2.91. The van der Waals surface area contributed by atoms with Crippen LogP contribution in [0.5, 0.6) is 0 Å². The van der Waals surface area contributed by atoms with Gasteiger partial charge in [0, 0.05) is 18.3 Å². The first-order chi connectivity index (χ1) is 11.0. The predicted molar refractivity (Wildman–Crippen MR) is 82.2 cm³/mol. The first kappa shape index (κ1) is 16.3. The van der Waals surface area contributed by atoms with Crippen LogP contribution in [0.4, 0.5) is 5.69 Å². The Labute approximate surface area is 132 Å². The van der Waals surface area contributed by atoms with E-state index in [2.05, 4.69) is 10.6 Å². The number of carbonyl (C=O) groups is 3. The van der Waals surface area contributed by atoms with Gasteiger partial charge in [0.15, 0.2) is 6.61 Å². The fourth-order valence-corrected chi connectivity index (χ4v) is 1.83. The third kappa shape index (κ3) is 4.44. The lowest BCUT2D eigenvalue weighted by Crippen LogP contribution is -2.21. The number of esters is 1. The van der Waals surface area contributed by atoms with E-state index in [1.807, 2.05) is 0 Å². The van der Waals surface area contributed by atoms with E-state index >= 15 is 0 Å². The number of anilines is 1. The Balaban J connectivity index is 1.90. The molecule has 0 aliphatic rings. The molecule has 2 rings (SSSR count). The van der Waals surface area contributed by atoms with Crippen LogP contribution in [0.15, 0.2) is 40.8 Å². The smallest absolute Gasteiger partial charge is 0.374 e. The van der Waals surface area contributed by atoms with Crippen LogP contribution in [-0.4, -0.2) is 31.4 Å². The van der Waals surface area contributed by atoms with Crippen LogP contribution in [0.1, 0.15) is 26.7 Å². The lowest BCUT2D eigenvalue weighted by molar-refractivity contribution is -0.119. The average molecular weight is 316 g/mol. The van der Waals surface area contributed by atoms with Crippen molar-refractivity contribution in [2.75, 3.05) is 19.0 Å². The van der Waals surface area contributed by atoms with Crippen LogP contribution in [0.25, 0.3) is 0 Å². The van der Waals surface area contributed by atoms with E-state index in [0.29, 0.717) is 17.0 Å². The molecule has 120 valence electrons. The number of hydrogen-bond donors (Lipinski definition) is 2. The molecule has 0 atom stereocenters. The van der Waals surface area contributed by atoms with Gasteiger partial charge in [0.2, 0.25) is 5.76 Å². The maximum Gasteiger partial charge on any atom is 0.374 e. The molecule has 1 aromatic heterocycles. The molecule has 1 aromatic carbocycles. The second kappa shape index (κ2) is 7.26. The van der Waals surface area contributed by atoms with Gasteiger partial charge in [0.05, 0.1) is 0 Å². The van der Waals surface area contributed by atoms with Crippen molar-refractivity contribution >= 4 is 23.5 Å². The van der Waals surface area contributed by atoms with Gasteiger partial charge in [-0.3, -0.25) is 9.59 Å². The van der Waals surface area contributed by atoms with Crippen molar-refractivity contribution in [3.63, 3.8) is 0 Å². The van der Waals surface area contributed by atoms with Gasteiger partial charge in [0.1, 0.15) is 5.76 Å². The van der Waals surface area contributed by atoms with Gasteiger partial charge in [-0.1, -0.05) is 6.07 Å². The van der Waals surface area contributed by atoms with Gasteiger partial charge in [-0.25, -0.2) is 4.79 Å². The number of nitrogens with one attached hydrogen (secondary N) is 2. The topological polar surface area (TPSA) is 97.6 Å². The predicted octanol–water partition coefficient (Wildman–Crippen LogP) is 1.74. The molecule has 23 heavy (non-hydrogen) atoms. The number of rotatable bonds is 5. The normalized spacial score (nSPS) is 10.0. The molecule has 0 unspecified atom stereocenters. The summed E-state index contributed by atoms with van der Waals surface area (Å²) in [6.07, 6.45) is 0. The Hall–Kier alpha value is -3.09. The van der Waals surface area contributed by atoms with E-state index in [-0.39, 0.29) is 11.7 Å². The Bertz CT molecular complexity index is 736. The van der Waals surface area contributed by atoms with Gasteiger partial charge in [0.25, 0.3) is 11.8 Å². The Morgan fingerprint density at radius 3 is 2.61 bits per heavy atom. The number of ether oxygens (including phenoxy) is 1. The summed E-state index contributed by atoms with van der Waals surface area (Å²) in [6.45, 7) is 1.24. The molecule has 2 N–H and O–H groups in total. The van der Waals surface area contributed by atoms with Crippen molar-refractivity contribution in [2.45, 2.75) is 6.92 Å². The molecule has 7 nitrogen and oxygen atoms in total. The maximum absolute atomic E-state index is 11.8. The minimum absolute atomic E-state index is 0.0388. The highest BCUT2D eigenvalue weighted by Gasteiger charge is 2.14. The van der Waals surface area contributed by atoms with Crippen molar-refractivity contribution in [3.05, 3.63) is 53.5 Å². The highest BCUT2D eigenvalue weighted by molar-refractivity contribution is 5.98. The number of amides is 2. The Morgan fingerprint density at radius 2 is 1.96 bits per heavy atom. The zero-order chi connectivity index (χ0) is 16.8. The molecule has 2 aromatic rings. The lowest BCUT2D eigenvalue weighted by atomic mass is 10.2. The molecule has 2 amide bonds. The van der Waals surface area contributed by atoms with Crippen molar-refractivity contribution in [1.82, 2.24) is 5.32 Å². The Kier molecular flexibility index (Phi) is 5.14. The molecule has 0 saturated carbocycles. The maximum atomic E-state index is 11.8. The molecular formula is C16H16N2O5. The summed E-state index contributed by atoms with van der Waals surface area (Å²) >= 11 is 0. The van der Waals surface area contributed by atoms with Crippen molar-refractivity contribution in [2.24, 2.45) is 0 Å². The van der Waals surface area contributed by atoms with E-state index in [1.165, 1.54) is 19.2 Å². The molecule has 0 aliphatic heterocycles. The van der Waals surface area contributed by atoms with Crippen LogP contribution >= 0.6 is 0 Å². The standard InChI is InChI=1S/C16H16N2O5/c1-10-6-7-13(23-10)16(21)22-9-14(19)18-12-5-3-4-11(8-12)15(20)17-2/h3-8H,9H2,1-2H3,(H,17,20)(H,18,19). The fraction of sp³-hybridized carbons (Fsp3) is 0.188. The summed E-state index contributed by atoms with van der Waals surface area (Å²) in [5, 5.41) is 5.04. The summed E-state index contributed by atoms with van der Waals surface area (Å²) in [7, 11) is 1.52. The highest BCUT2D eigenvalue weighted by Crippen LogP contribution is 2.11. The number of hydrogen-bond acceptors (Lipinski definition) is 5. The molecule has 0 radical (unpaired) electrons. The van der Waals surface area contributed by atoms with Gasteiger partial charge in [-0.2, -0.15) is 0 Å². The van der Waals surface area contributed by atoms with Gasteiger partial charge in [-0.15, -0.1) is 0 Å². The fourth-order valence-electron chi connectivity index (χ4n) is 1.83. The van der Waals surface area contributed by atoms with Crippen LogP contribution in [0.3, 0.4) is 0 Å². The summed E-state index contributed by atoms with van der Waals surface area (Å²) in [4.78, 5) is 35.0. The third-order valence-corrected chi connectivity index (χ3v) is 2.91. The van der Waals surface area contributed by atoms with E-state index < -0.39 is 18.5 Å². The first-order valence-electron chi connectivity index (χ1n) is 6.85. The number of aryl methyl sites for hydroxylation is 1. The number of furan rings is 1. The van der Waals surface area contributed by atoms with Crippen molar-refractivity contribution in [3.8, 4) is 0 Å².